The van der Waals surface area contributed by atoms with Crippen LogP contribution in [-0.4, -0.2) is 39.8 Å². The molecule has 6 nitrogen and oxygen atoms in total. The summed E-state index contributed by atoms with van der Waals surface area (Å²) in [6.45, 7) is 3.75. The van der Waals surface area contributed by atoms with Crippen molar-refractivity contribution in [3.63, 3.8) is 0 Å². The van der Waals surface area contributed by atoms with E-state index in [9.17, 15) is 4.79 Å². The van der Waals surface area contributed by atoms with Crippen LogP contribution in [0, 0.1) is 0 Å². The van der Waals surface area contributed by atoms with Crippen molar-refractivity contribution in [2.45, 2.75) is 11.3 Å². The first-order chi connectivity index (χ1) is 10.7. The van der Waals surface area contributed by atoms with Gasteiger partial charge >= 0.3 is 0 Å². The number of anilines is 1. The van der Waals surface area contributed by atoms with Gasteiger partial charge in [-0.25, -0.2) is 9.40 Å². The predicted octanol–water partition coefficient (Wildman–Crippen LogP) is 2.94. The number of rotatable bonds is 5. The number of aromatic nitrogens is 1. The second-order valence-corrected chi connectivity index (χ2v) is 6.81. The summed E-state index contributed by atoms with van der Waals surface area (Å²) >= 11 is 2.90. The minimum Gasteiger partial charge on any atom is -0.341 e. The van der Waals surface area contributed by atoms with Crippen LogP contribution < -0.4 is 5.32 Å². The molecule has 1 aromatic heterocycles. The molecular formula is C14H15N5OS2. The van der Waals surface area contributed by atoms with Crippen molar-refractivity contribution in [2.24, 2.45) is 5.10 Å². The maximum atomic E-state index is 12.1. The second kappa shape index (κ2) is 6.80. The van der Waals surface area contributed by atoms with Gasteiger partial charge < -0.3 is 10.2 Å². The van der Waals surface area contributed by atoms with E-state index in [1.807, 2.05) is 29.0 Å². The lowest BCUT2D eigenvalue weighted by Crippen LogP contribution is -2.22. The maximum Gasteiger partial charge on any atom is 0.256 e. The fourth-order valence-electron chi connectivity index (χ4n) is 1.81. The predicted molar refractivity (Wildman–Crippen MR) is 89.9 cm³/mol. The average molecular weight is 333 g/mol. The smallest absolute Gasteiger partial charge is 0.256 e. The molecule has 0 aliphatic carbocycles. The van der Waals surface area contributed by atoms with E-state index in [1.54, 1.807) is 18.3 Å². The number of hydrazone groups is 1. The van der Waals surface area contributed by atoms with Crippen molar-refractivity contribution >= 4 is 40.5 Å². The molecule has 1 aliphatic rings. The molecule has 0 bridgehead atoms. The first kappa shape index (κ1) is 14.9. The Labute approximate surface area is 137 Å². The normalized spacial score (nSPS) is 13.7. The van der Waals surface area contributed by atoms with Crippen LogP contribution in [0.15, 0.2) is 46.0 Å². The van der Waals surface area contributed by atoms with Gasteiger partial charge in [-0.05, 0) is 19.1 Å². The monoisotopic (exact) mass is 333 g/mol. The van der Waals surface area contributed by atoms with Crippen LogP contribution in [0.2, 0.25) is 0 Å². The first-order valence-electron chi connectivity index (χ1n) is 6.80. The van der Waals surface area contributed by atoms with Crippen molar-refractivity contribution in [3.8, 4) is 0 Å². The SMILES string of the molecule is CCN1C=NN(Sc2ncc(NC(=O)c3ccccc3)s2)C1. The van der Waals surface area contributed by atoms with E-state index in [1.165, 1.54) is 23.3 Å². The summed E-state index contributed by atoms with van der Waals surface area (Å²) in [6.07, 6.45) is 3.49. The van der Waals surface area contributed by atoms with Gasteiger partial charge in [0.25, 0.3) is 5.91 Å². The number of thiazole rings is 1. The van der Waals surface area contributed by atoms with Crippen molar-refractivity contribution in [3.05, 3.63) is 42.1 Å². The molecule has 3 rings (SSSR count). The third-order valence-electron chi connectivity index (χ3n) is 2.99. The number of carbonyl (C=O) groups excluding carboxylic acids is 1. The zero-order chi connectivity index (χ0) is 15.4. The van der Waals surface area contributed by atoms with Crippen LogP contribution in [0.4, 0.5) is 5.00 Å². The molecule has 0 radical (unpaired) electrons. The number of nitrogens with one attached hydrogen (secondary N) is 1. The minimum absolute atomic E-state index is 0.128. The van der Waals surface area contributed by atoms with Crippen LogP contribution in [0.3, 0.4) is 0 Å². The fraction of sp³-hybridized carbons (Fsp3) is 0.214. The maximum absolute atomic E-state index is 12.1. The summed E-state index contributed by atoms with van der Waals surface area (Å²) in [5.41, 5.74) is 0.632. The van der Waals surface area contributed by atoms with Gasteiger partial charge in [0.1, 0.15) is 18.0 Å². The molecule has 0 atom stereocenters. The van der Waals surface area contributed by atoms with Crippen molar-refractivity contribution in [1.82, 2.24) is 14.3 Å². The van der Waals surface area contributed by atoms with E-state index in [-0.39, 0.29) is 5.91 Å². The summed E-state index contributed by atoms with van der Waals surface area (Å²) in [5, 5.41) is 7.87. The molecule has 1 aliphatic heterocycles. The van der Waals surface area contributed by atoms with Gasteiger partial charge in [0, 0.05) is 24.1 Å². The lowest BCUT2D eigenvalue weighted by molar-refractivity contribution is 0.102. The molecule has 0 unspecified atom stereocenters. The summed E-state index contributed by atoms with van der Waals surface area (Å²) in [6, 6.07) is 9.13. The topological polar surface area (TPSA) is 60.8 Å². The fourth-order valence-corrected chi connectivity index (χ4v) is 3.61. The van der Waals surface area contributed by atoms with Gasteiger partial charge in [-0.2, -0.15) is 5.10 Å². The molecule has 0 saturated heterocycles. The molecule has 0 spiro atoms. The van der Waals surface area contributed by atoms with E-state index >= 15 is 0 Å². The Morgan fingerprint density at radius 3 is 2.95 bits per heavy atom. The molecule has 2 heterocycles. The Kier molecular flexibility index (Phi) is 4.59. The first-order valence-corrected chi connectivity index (χ1v) is 8.39. The molecule has 1 N–H and O–H groups in total. The number of hydrogen-bond donors (Lipinski definition) is 1. The van der Waals surface area contributed by atoms with Crippen LogP contribution >= 0.6 is 23.3 Å². The van der Waals surface area contributed by atoms with Crippen molar-refractivity contribution < 1.29 is 4.79 Å². The molecule has 1 amide bonds. The molecule has 0 saturated carbocycles. The van der Waals surface area contributed by atoms with Crippen molar-refractivity contribution in [1.29, 1.82) is 0 Å². The lowest BCUT2D eigenvalue weighted by atomic mass is 10.2. The van der Waals surface area contributed by atoms with Gasteiger partial charge in [-0.3, -0.25) is 4.79 Å². The van der Waals surface area contributed by atoms with Crippen LogP contribution in [0.1, 0.15) is 17.3 Å². The summed E-state index contributed by atoms with van der Waals surface area (Å²) in [7, 11) is 0. The molecular weight excluding hydrogens is 318 g/mol. The number of benzene rings is 1. The summed E-state index contributed by atoms with van der Waals surface area (Å²) in [4.78, 5) is 18.5. The van der Waals surface area contributed by atoms with E-state index in [2.05, 4.69) is 27.2 Å². The Morgan fingerprint density at radius 2 is 2.23 bits per heavy atom. The van der Waals surface area contributed by atoms with E-state index in [0.717, 1.165) is 22.6 Å². The summed E-state index contributed by atoms with van der Waals surface area (Å²) < 4.78 is 2.71. The lowest BCUT2D eigenvalue weighted by Gasteiger charge is -2.14. The number of carbonyl (C=O) groups is 1. The standard InChI is InChI=1S/C14H15N5OS2/c1-2-18-9-16-19(10-18)22-14-15-8-12(21-14)17-13(20)11-6-4-3-5-7-11/h3-9H,2,10H2,1H3,(H,17,20). The quantitative estimate of drug-likeness (QED) is 0.853. The van der Waals surface area contributed by atoms with Crippen molar-refractivity contribution in [2.75, 3.05) is 18.5 Å². The largest absolute Gasteiger partial charge is 0.341 e. The molecule has 1 aromatic carbocycles. The van der Waals surface area contributed by atoms with E-state index in [0.29, 0.717) is 5.56 Å². The van der Waals surface area contributed by atoms with Crippen LogP contribution in [-0.2, 0) is 0 Å². The highest BCUT2D eigenvalue weighted by Crippen LogP contribution is 2.31. The third-order valence-corrected chi connectivity index (χ3v) is 4.86. The number of hydrogen-bond acceptors (Lipinski definition) is 7. The van der Waals surface area contributed by atoms with E-state index in [4.69, 9.17) is 0 Å². The van der Waals surface area contributed by atoms with Crippen LogP contribution in [0.5, 0.6) is 0 Å². The molecule has 22 heavy (non-hydrogen) atoms. The second-order valence-electron chi connectivity index (χ2n) is 4.53. The molecule has 2 aromatic rings. The summed E-state index contributed by atoms with van der Waals surface area (Å²) in [5.74, 6) is -0.128. The van der Waals surface area contributed by atoms with Gasteiger partial charge in [0.05, 0.1) is 6.20 Å². The van der Waals surface area contributed by atoms with Gasteiger partial charge in [-0.15, -0.1) is 0 Å². The highest BCUT2D eigenvalue weighted by Gasteiger charge is 2.16. The van der Waals surface area contributed by atoms with Gasteiger partial charge in [0.15, 0.2) is 4.34 Å². The zero-order valence-electron chi connectivity index (χ0n) is 12.0. The average Bonchev–Trinajstić information content (AvgIpc) is 3.18. The number of nitrogens with zero attached hydrogens (tertiary/aromatic N) is 4. The Morgan fingerprint density at radius 1 is 1.41 bits per heavy atom. The molecule has 114 valence electrons. The Bertz CT molecular complexity index is 673. The minimum atomic E-state index is -0.128. The third kappa shape index (κ3) is 3.58. The van der Waals surface area contributed by atoms with E-state index < -0.39 is 0 Å². The van der Waals surface area contributed by atoms with Gasteiger partial charge in [-0.1, -0.05) is 29.5 Å². The molecule has 0 fully saturated rings. The number of amides is 1. The Balaban J connectivity index is 1.58. The highest BCUT2D eigenvalue weighted by molar-refractivity contribution is 7.98. The highest BCUT2D eigenvalue weighted by atomic mass is 32.2. The van der Waals surface area contributed by atoms with Gasteiger partial charge in [0.2, 0.25) is 0 Å². The Hall–Kier alpha value is -2.06. The molecule has 8 heteroatoms. The van der Waals surface area contributed by atoms with Crippen LogP contribution in [0.25, 0.3) is 0 Å². The zero-order valence-corrected chi connectivity index (χ0v) is 13.6.